The van der Waals surface area contributed by atoms with E-state index in [4.69, 9.17) is 0 Å². The molecule has 3 N–H and O–H groups in total. The van der Waals surface area contributed by atoms with Crippen LogP contribution < -0.4 is 16.0 Å². The zero-order chi connectivity index (χ0) is 24.3. The minimum Gasteiger partial charge on any atom is -0.379 e. The molecule has 1 aromatic heterocycles. The Bertz CT molecular complexity index is 1210. The molecule has 10 heteroatoms. The molecule has 0 bridgehead atoms. The number of carbonyl (C=O) groups is 2. The van der Waals surface area contributed by atoms with Crippen molar-refractivity contribution in [2.45, 2.75) is 32.5 Å². The van der Waals surface area contributed by atoms with Crippen LogP contribution in [0.15, 0.2) is 54.9 Å². The highest BCUT2D eigenvalue weighted by Crippen LogP contribution is 2.30. The number of nitrogens with zero attached hydrogens (tertiary/aromatic N) is 2. The summed E-state index contributed by atoms with van der Waals surface area (Å²) in [6, 6.07) is 9.41. The number of carbonyl (C=O) groups excluding carboxylic acids is 2. The Kier molecular flexibility index (Phi) is 6.49. The number of hydrogen-bond donors (Lipinski definition) is 3. The van der Waals surface area contributed by atoms with Crippen molar-refractivity contribution >= 4 is 29.0 Å². The van der Waals surface area contributed by atoms with E-state index in [1.165, 1.54) is 18.3 Å². The lowest BCUT2D eigenvalue weighted by Gasteiger charge is -2.13. The Balaban J connectivity index is 1.38. The van der Waals surface area contributed by atoms with Gasteiger partial charge in [-0.3, -0.25) is 14.6 Å². The lowest BCUT2D eigenvalue weighted by molar-refractivity contribution is -0.137. The molecular weight excluding hydrogens is 447 g/mol. The molecule has 1 fully saturated rings. The fraction of sp³-hybridized carbons (Fsp3) is 0.250. The second-order valence-electron chi connectivity index (χ2n) is 8.07. The highest BCUT2D eigenvalue weighted by atomic mass is 19.4. The molecule has 2 amide bonds. The number of aromatic nitrogens is 2. The largest absolute Gasteiger partial charge is 0.416 e. The van der Waals surface area contributed by atoms with Gasteiger partial charge in [0, 0.05) is 22.9 Å². The molecule has 0 unspecified atom stereocenters. The molecule has 2 aromatic carbocycles. The molecule has 0 radical (unpaired) electrons. The normalized spacial score (nSPS) is 13.3. The Labute approximate surface area is 193 Å². The average molecular weight is 469 g/mol. The zero-order valence-corrected chi connectivity index (χ0v) is 18.2. The van der Waals surface area contributed by atoms with E-state index < -0.39 is 17.6 Å². The van der Waals surface area contributed by atoms with E-state index >= 15 is 0 Å². The number of halogens is 3. The Morgan fingerprint density at radius 2 is 1.82 bits per heavy atom. The highest BCUT2D eigenvalue weighted by molar-refractivity contribution is 6.04. The lowest BCUT2D eigenvalue weighted by Crippen LogP contribution is -2.15. The first kappa shape index (κ1) is 23.2. The van der Waals surface area contributed by atoms with Crippen LogP contribution in [0.25, 0.3) is 0 Å². The summed E-state index contributed by atoms with van der Waals surface area (Å²) in [5, 5.41) is 8.57. The van der Waals surface area contributed by atoms with E-state index in [1.54, 1.807) is 24.4 Å². The van der Waals surface area contributed by atoms with Crippen LogP contribution in [-0.4, -0.2) is 21.8 Å². The molecule has 1 heterocycles. The molecular formula is C24H22F3N5O2. The molecule has 7 nitrogen and oxygen atoms in total. The van der Waals surface area contributed by atoms with E-state index in [0.717, 1.165) is 36.2 Å². The summed E-state index contributed by atoms with van der Waals surface area (Å²) in [6.07, 6.45) is 0.335. The molecule has 4 rings (SSSR count). The molecule has 0 spiro atoms. The highest BCUT2D eigenvalue weighted by Gasteiger charge is 2.31. The van der Waals surface area contributed by atoms with Crippen LogP contribution in [0, 0.1) is 12.8 Å². The van der Waals surface area contributed by atoms with Gasteiger partial charge in [-0.25, -0.2) is 4.98 Å². The zero-order valence-electron chi connectivity index (χ0n) is 18.2. The lowest BCUT2D eigenvalue weighted by atomic mass is 10.1. The monoisotopic (exact) mass is 469 g/mol. The van der Waals surface area contributed by atoms with Gasteiger partial charge in [0.2, 0.25) is 5.91 Å². The van der Waals surface area contributed by atoms with Crippen LogP contribution in [0.2, 0.25) is 0 Å². The first-order valence-electron chi connectivity index (χ1n) is 10.6. The maximum Gasteiger partial charge on any atom is 0.416 e. The summed E-state index contributed by atoms with van der Waals surface area (Å²) >= 11 is 0. The Morgan fingerprint density at radius 1 is 1.03 bits per heavy atom. The topological polar surface area (TPSA) is 96.0 Å². The minimum absolute atomic E-state index is 0.0419. The number of rotatable bonds is 7. The van der Waals surface area contributed by atoms with Crippen LogP contribution >= 0.6 is 0 Å². The Morgan fingerprint density at radius 3 is 2.50 bits per heavy atom. The summed E-state index contributed by atoms with van der Waals surface area (Å²) in [6.45, 7) is 2.22. The van der Waals surface area contributed by atoms with Gasteiger partial charge in [0.15, 0.2) is 5.82 Å². The molecule has 0 saturated heterocycles. The first-order chi connectivity index (χ1) is 16.2. The molecule has 3 aromatic rings. The molecule has 1 saturated carbocycles. The van der Waals surface area contributed by atoms with Crippen molar-refractivity contribution in [1.82, 2.24) is 9.97 Å². The van der Waals surface area contributed by atoms with Crippen LogP contribution in [0.4, 0.5) is 30.4 Å². The van der Waals surface area contributed by atoms with Crippen molar-refractivity contribution in [2.75, 3.05) is 16.0 Å². The number of aryl methyl sites for hydroxylation is 1. The smallest absolute Gasteiger partial charge is 0.379 e. The van der Waals surface area contributed by atoms with E-state index in [2.05, 4.69) is 25.9 Å². The van der Waals surface area contributed by atoms with Gasteiger partial charge in [-0.05, 0) is 55.7 Å². The van der Waals surface area contributed by atoms with Crippen molar-refractivity contribution in [3.63, 3.8) is 0 Å². The van der Waals surface area contributed by atoms with Crippen LogP contribution in [0.1, 0.15) is 40.0 Å². The standard InChI is InChI=1S/C24H22F3N5O2/c1-14-5-8-18(31-23(34)16-3-2-4-17(9-16)24(25,26)27)10-20(14)29-11-19-12-30-21(13-28-19)32-22(33)15-6-7-15/h2-5,8-10,12-13,15,29H,6-7,11H2,1H3,(H,31,34)(H,30,32,33). The van der Waals surface area contributed by atoms with Crippen LogP contribution in [0.3, 0.4) is 0 Å². The van der Waals surface area contributed by atoms with Crippen molar-refractivity contribution in [3.05, 3.63) is 77.2 Å². The van der Waals surface area contributed by atoms with Gasteiger partial charge in [-0.1, -0.05) is 12.1 Å². The van der Waals surface area contributed by atoms with Gasteiger partial charge < -0.3 is 16.0 Å². The SMILES string of the molecule is Cc1ccc(NC(=O)c2cccc(C(F)(F)F)c2)cc1NCc1cnc(NC(=O)C2CC2)cn1. The molecule has 1 aliphatic rings. The molecule has 0 atom stereocenters. The number of amides is 2. The van der Waals surface area contributed by atoms with Gasteiger partial charge in [0.1, 0.15) is 0 Å². The second kappa shape index (κ2) is 9.50. The summed E-state index contributed by atoms with van der Waals surface area (Å²) in [7, 11) is 0. The molecule has 0 aliphatic heterocycles. The number of benzene rings is 2. The molecule has 34 heavy (non-hydrogen) atoms. The number of nitrogens with one attached hydrogen (secondary N) is 3. The van der Waals surface area contributed by atoms with Gasteiger partial charge in [0.25, 0.3) is 5.91 Å². The van der Waals surface area contributed by atoms with Gasteiger partial charge in [-0.15, -0.1) is 0 Å². The summed E-state index contributed by atoms with van der Waals surface area (Å²) in [5.41, 5.74) is 1.72. The number of anilines is 3. The quantitative estimate of drug-likeness (QED) is 0.452. The summed E-state index contributed by atoms with van der Waals surface area (Å²) in [4.78, 5) is 32.8. The fourth-order valence-corrected chi connectivity index (χ4v) is 3.20. The van der Waals surface area contributed by atoms with E-state index in [-0.39, 0.29) is 17.4 Å². The van der Waals surface area contributed by atoms with E-state index in [0.29, 0.717) is 23.7 Å². The number of hydrogen-bond acceptors (Lipinski definition) is 5. The third-order valence-electron chi connectivity index (χ3n) is 5.31. The predicted molar refractivity (Wildman–Crippen MR) is 121 cm³/mol. The second-order valence-corrected chi connectivity index (χ2v) is 8.07. The maximum atomic E-state index is 12.9. The summed E-state index contributed by atoms with van der Waals surface area (Å²) < 4.78 is 38.8. The maximum absolute atomic E-state index is 12.9. The van der Waals surface area contributed by atoms with Crippen molar-refractivity contribution < 1.29 is 22.8 Å². The van der Waals surface area contributed by atoms with Gasteiger partial charge >= 0.3 is 6.18 Å². The predicted octanol–water partition coefficient (Wildman–Crippen LogP) is 5.02. The Hall–Kier alpha value is -3.95. The number of alkyl halides is 3. The average Bonchev–Trinajstić information content (AvgIpc) is 3.65. The van der Waals surface area contributed by atoms with Crippen LogP contribution in [0.5, 0.6) is 0 Å². The molecule has 1 aliphatic carbocycles. The van der Waals surface area contributed by atoms with Crippen molar-refractivity contribution in [1.29, 1.82) is 0 Å². The molecule has 176 valence electrons. The van der Waals surface area contributed by atoms with Gasteiger partial charge in [-0.2, -0.15) is 13.2 Å². The third-order valence-corrected chi connectivity index (χ3v) is 5.31. The summed E-state index contributed by atoms with van der Waals surface area (Å²) in [5.74, 6) is -0.209. The van der Waals surface area contributed by atoms with E-state index in [1.807, 2.05) is 6.92 Å². The van der Waals surface area contributed by atoms with E-state index in [9.17, 15) is 22.8 Å². The van der Waals surface area contributed by atoms with Crippen LogP contribution in [-0.2, 0) is 17.5 Å². The fourth-order valence-electron chi connectivity index (χ4n) is 3.20. The minimum atomic E-state index is -4.53. The van der Waals surface area contributed by atoms with Gasteiger partial charge in [0.05, 0.1) is 30.2 Å². The van der Waals surface area contributed by atoms with Crippen molar-refractivity contribution in [2.24, 2.45) is 5.92 Å². The third kappa shape index (κ3) is 5.89. The first-order valence-corrected chi connectivity index (χ1v) is 10.6. The van der Waals surface area contributed by atoms with Crippen molar-refractivity contribution in [3.8, 4) is 0 Å².